The van der Waals surface area contributed by atoms with Gasteiger partial charge in [-0.1, -0.05) is 30.3 Å². The van der Waals surface area contributed by atoms with Crippen LogP contribution in [0.1, 0.15) is 11.4 Å². The lowest BCUT2D eigenvalue weighted by Gasteiger charge is -2.12. The van der Waals surface area contributed by atoms with Gasteiger partial charge in [0.2, 0.25) is 0 Å². The van der Waals surface area contributed by atoms with Crippen molar-refractivity contribution in [3.05, 3.63) is 107 Å². The van der Waals surface area contributed by atoms with E-state index in [-0.39, 0.29) is 5.56 Å². The molecule has 0 atom stereocenters. The number of fused-ring (bicyclic) bond motifs is 1. The molecule has 0 saturated carbocycles. The van der Waals surface area contributed by atoms with Gasteiger partial charge in [-0.15, -0.1) is 0 Å². The van der Waals surface area contributed by atoms with Gasteiger partial charge in [0, 0.05) is 34.7 Å². The number of rotatable bonds is 4. The SMILES string of the molecule is Cc1c2cnn(-c3ccccn3)c(=O)c2c(C)n1-c1cccc(Oc2ccccc2)c1. The predicted molar refractivity (Wildman–Crippen MR) is 120 cm³/mol. The predicted octanol–water partition coefficient (Wildman–Crippen LogP) is 4.98. The second-order valence-electron chi connectivity index (χ2n) is 7.26. The van der Waals surface area contributed by atoms with E-state index < -0.39 is 0 Å². The fourth-order valence-electron chi connectivity index (χ4n) is 3.90. The smallest absolute Gasteiger partial charge is 0.282 e. The summed E-state index contributed by atoms with van der Waals surface area (Å²) in [6.07, 6.45) is 3.38. The Morgan fingerprint density at radius 1 is 0.839 bits per heavy atom. The Bertz CT molecular complexity index is 1440. The Morgan fingerprint density at radius 2 is 1.61 bits per heavy atom. The highest BCUT2D eigenvalue weighted by Gasteiger charge is 2.18. The first-order chi connectivity index (χ1) is 15.1. The van der Waals surface area contributed by atoms with Gasteiger partial charge in [0.15, 0.2) is 5.82 Å². The average Bonchev–Trinajstić information content (AvgIpc) is 3.06. The standard InChI is InChI=1S/C25H20N4O2/c1-17-22-16-27-29(23-13-6-7-14-26-23)25(30)24(22)18(2)28(17)19-9-8-12-21(15-19)31-20-10-4-3-5-11-20/h3-16H,1-2H3. The fraction of sp³-hybridized carbons (Fsp3) is 0.0800. The maximum atomic E-state index is 13.3. The Balaban J connectivity index is 1.64. The molecule has 152 valence electrons. The molecule has 0 bridgehead atoms. The first-order valence-corrected chi connectivity index (χ1v) is 9.98. The summed E-state index contributed by atoms with van der Waals surface area (Å²) in [6.45, 7) is 3.94. The van der Waals surface area contributed by atoms with Crippen molar-refractivity contribution in [1.82, 2.24) is 19.3 Å². The fourth-order valence-corrected chi connectivity index (χ4v) is 3.90. The van der Waals surface area contributed by atoms with E-state index in [0.29, 0.717) is 11.2 Å². The number of hydrogen-bond acceptors (Lipinski definition) is 4. The molecule has 6 heteroatoms. The summed E-state index contributed by atoms with van der Waals surface area (Å²) in [5, 5.41) is 5.82. The van der Waals surface area contributed by atoms with Crippen LogP contribution in [0.4, 0.5) is 0 Å². The molecule has 0 aliphatic heterocycles. The zero-order valence-electron chi connectivity index (χ0n) is 17.2. The Labute approximate surface area is 179 Å². The molecule has 0 amide bonds. The molecular formula is C25H20N4O2. The van der Waals surface area contributed by atoms with Crippen LogP contribution in [-0.4, -0.2) is 19.3 Å². The van der Waals surface area contributed by atoms with E-state index in [9.17, 15) is 4.79 Å². The van der Waals surface area contributed by atoms with Crippen LogP contribution in [-0.2, 0) is 0 Å². The van der Waals surface area contributed by atoms with Crippen molar-refractivity contribution in [2.75, 3.05) is 0 Å². The number of nitrogens with zero attached hydrogens (tertiary/aromatic N) is 4. The Kier molecular flexibility index (Phi) is 4.59. The van der Waals surface area contributed by atoms with E-state index in [1.54, 1.807) is 18.5 Å². The summed E-state index contributed by atoms with van der Waals surface area (Å²) < 4.78 is 9.40. The van der Waals surface area contributed by atoms with Crippen LogP contribution in [0.3, 0.4) is 0 Å². The van der Waals surface area contributed by atoms with E-state index in [0.717, 1.165) is 34.0 Å². The second-order valence-corrected chi connectivity index (χ2v) is 7.26. The number of hydrogen-bond donors (Lipinski definition) is 0. The normalized spacial score (nSPS) is 11.0. The third kappa shape index (κ3) is 3.28. The molecule has 0 spiro atoms. The zero-order chi connectivity index (χ0) is 21.4. The van der Waals surface area contributed by atoms with Crippen LogP contribution >= 0.6 is 0 Å². The average molecular weight is 408 g/mol. The number of aromatic nitrogens is 4. The summed E-state index contributed by atoms with van der Waals surface area (Å²) in [6, 6.07) is 22.9. The van der Waals surface area contributed by atoms with Gasteiger partial charge in [-0.2, -0.15) is 9.78 Å². The third-order valence-electron chi connectivity index (χ3n) is 5.32. The minimum Gasteiger partial charge on any atom is -0.457 e. The number of pyridine rings is 1. The molecule has 0 unspecified atom stereocenters. The lowest BCUT2D eigenvalue weighted by molar-refractivity contribution is 0.482. The summed E-state index contributed by atoms with van der Waals surface area (Å²) in [4.78, 5) is 17.5. The number of benzene rings is 2. The first-order valence-electron chi connectivity index (χ1n) is 9.98. The van der Waals surface area contributed by atoms with E-state index in [4.69, 9.17) is 4.74 Å². The highest BCUT2D eigenvalue weighted by molar-refractivity contribution is 5.88. The van der Waals surface area contributed by atoms with Gasteiger partial charge >= 0.3 is 0 Å². The van der Waals surface area contributed by atoms with Crippen molar-refractivity contribution in [3.8, 4) is 23.0 Å². The third-order valence-corrected chi connectivity index (χ3v) is 5.32. The van der Waals surface area contributed by atoms with Gasteiger partial charge in [0.25, 0.3) is 5.56 Å². The summed E-state index contributed by atoms with van der Waals surface area (Å²) in [5.41, 5.74) is 2.53. The number of aryl methyl sites for hydroxylation is 2. The molecule has 5 rings (SSSR count). The van der Waals surface area contributed by atoms with E-state index >= 15 is 0 Å². The van der Waals surface area contributed by atoms with Crippen LogP contribution in [0.25, 0.3) is 22.3 Å². The van der Waals surface area contributed by atoms with Gasteiger partial charge in [0.1, 0.15) is 11.5 Å². The van der Waals surface area contributed by atoms with Gasteiger partial charge in [0.05, 0.1) is 11.6 Å². The Morgan fingerprint density at radius 3 is 2.39 bits per heavy atom. The van der Waals surface area contributed by atoms with Gasteiger partial charge in [-0.05, 0) is 50.2 Å². The summed E-state index contributed by atoms with van der Waals surface area (Å²) in [7, 11) is 0. The van der Waals surface area contributed by atoms with Gasteiger partial charge in [-0.25, -0.2) is 4.98 Å². The molecule has 0 N–H and O–H groups in total. The van der Waals surface area contributed by atoms with Crippen molar-refractivity contribution in [2.24, 2.45) is 0 Å². The molecule has 0 saturated heterocycles. The summed E-state index contributed by atoms with van der Waals surface area (Å²) >= 11 is 0. The molecule has 3 heterocycles. The van der Waals surface area contributed by atoms with Crippen LogP contribution in [0.15, 0.2) is 90.0 Å². The lowest BCUT2D eigenvalue weighted by Crippen LogP contribution is -2.21. The topological polar surface area (TPSA) is 61.9 Å². The van der Waals surface area contributed by atoms with Gasteiger partial charge < -0.3 is 9.30 Å². The lowest BCUT2D eigenvalue weighted by atomic mass is 10.2. The Hall–Kier alpha value is -4.19. The van der Waals surface area contributed by atoms with Crippen molar-refractivity contribution in [1.29, 1.82) is 0 Å². The van der Waals surface area contributed by atoms with Crippen LogP contribution in [0.2, 0.25) is 0 Å². The quantitative estimate of drug-likeness (QED) is 0.421. The van der Waals surface area contributed by atoms with Crippen molar-refractivity contribution >= 4 is 10.8 Å². The van der Waals surface area contributed by atoms with Crippen LogP contribution in [0.5, 0.6) is 11.5 Å². The molecule has 0 aliphatic rings. The maximum Gasteiger partial charge on any atom is 0.282 e. The zero-order valence-corrected chi connectivity index (χ0v) is 17.2. The number of ether oxygens (including phenoxy) is 1. The highest BCUT2D eigenvalue weighted by atomic mass is 16.5. The van der Waals surface area contributed by atoms with E-state index in [2.05, 4.69) is 14.6 Å². The van der Waals surface area contributed by atoms with E-state index in [1.165, 1.54) is 4.68 Å². The molecule has 0 fully saturated rings. The molecule has 31 heavy (non-hydrogen) atoms. The maximum absolute atomic E-state index is 13.3. The molecule has 0 radical (unpaired) electrons. The van der Waals surface area contributed by atoms with Crippen LogP contribution in [0, 0.1) is 13.8 Å². The number of para-hydroxylation sites is 1. The van der Waals surface area contributed by atoms with Crippen molar-refractivity contribution in [3.63, 3.8) is 0 Å². The largest absolute Gasteiger partial charge is 0.457 e. The minimum absolute atomic E-state index is 0.188. The van der Waals surface area contributed by atoms with Crippen molar-refractivity contribution in [2.45, 2.75) is 13.8 Å². The van der Waals surface area contributed by atoms with Gasteiger partial charge in [-0.3, -0.25) is 4.79 Å². The minimum atomic E-state index is -0.188. The molecule has 0 aliphatic carbocycles. The molecule has 6 nitrogen and oxygen atoms in total. The second kappa shape index (κ2) is 7.57. The van der Waals surface area contributed by atoms with E-state index in [1.807, 2.05) is 80.6 Å². The highest BCUT2D eigenvalue weighted by Crippen LogP contribution is 2.29. The molecule has 3 aromatic heterocycles. The molecule has 5 aromatic rings. The van der Waals surface area contributed by atoms with Crippen molar-refractivity contribution < 1.29 is 4.74 Å². The molecular weight excluding hydrogens is 388 g/mol. The first kappa shape index (κ1) is 18.8. The molecule has 2 aromatic carbocycles. The summed E-state index contributed by atoms with van der Waals surface area (Å²) in [5.74, 6) is 2.00. The van der Waals surface area contributed by atoms with Crippen LogP contribution < -0.4 is 10.3 Å². The monoisotopic (exact) mass is 408 g/mol.